The number of hydrogen-bond donors (Lipinski definition) is 1. The predicted octanol–water partition coefficient (Wildman–Crippen LogP) is 2.42. The SMILES string of the molecule is CCNCc1cccnc1CN1CCC(C)CC1. The molecule has 100 valence electrons. The van der Waals surface area contributed by atoms with Gasteiger partial charge in [-0.2, -0.15) is 0 Å². The smallest absolute Gasteiger partial charge is 0.0588 e. The van der Waals surface area contributed by atoms with Crippen molar-refractivity contribution in [3.8, 4) is 0 Å². The highest BCUT2D eigenvalue weighted by molar-refractivity contribution is 5.19. The maximum absolute atomic E-state index is 4.56. The molecule has 0 spiro atoms. The zero-order valence-electron chi connectivity index (χ0n) is 11.7. The van der Waals surface area contributed by atoms with Crippen LogP contribution in [0, 0.1) is 5.92 Å². The Kier molecular flexibility index (Phi) is 5.14. The highest BCUT2D eigenvalue weighted by atomic mass is 15.1. The molecule has 0 saturated carbocycles. The monoisotopic (exact) mass is 247 g/mol. The molecule has 1 aromatic rings. The fourth-order valence-electron chi connectivity index (χ4n) is 2.47. The standard InChI is InChI=1S/C15H25N3/c1-3-16-11-14-5-4-8-17-15(14)12-18-9-6-13(2)7-10-18/h4-5,8,13,16H,3,6-7,9-12H2,1-2H3. The molecule has 1 fully saturated rings. The van der Waals surface area contributed by atoms with Gasteiger partial charge in [-0.3, -0.25) is 9.88 Å². The quantitative estimate of drug-likeness (QED) is 0.866. The van der Waals surface area contributed by atoms with E-state index in [9.17, 15) is 0 Å². The van der Waals surface area contributed by atoms with E-state index in [0.29, 0.717) is 0 Å². The molecular formula is C15H25N3. The van der Waals surface area contributed by atoms with E-state index in [2.05, 4.69) is 35.1 Å². The van der Waals surface area contributed by atoms with Gasteiger partial charge < -0.3 is 5.32 Å². The van der Waals surface area contributed by atoms with E-state index in [-0.39, 0.29) is 0 Å². The average molecular weight is 247 g/mol. The molecule has 2 heterocycles. The lowest BCUT2D eigenvalue weighted by Crippen LogP contribution is -2.33. The summed E-state index contributed by atoms with van der Waals surface area (Å²) in [5, 5.41) is 3.39. The highest BCUT2D eigenvalue weighted by Gasteiger charge is 2.17. The molecule has 0 aromatic carbocycles. The number of rotatable bonds is 5. The first-order valence-electron chi connectivity index (χ1n) is 7.15. The van der Waals surface area contributed by atoms with Crippen LogP contribution in [0.2, 0.25) is 0 Å². The molecule has 1 saturated heterocycles. The molecular weight excluding hydrogens is 222 g/mol. The molecule has 0 bridgehead atoms. The van der Waals surface area contributed by atoms with Crippen LogP contribution in [0.1, 0.15) is 37.9 Å². The lowest BCUT2D eigenvalue weighted by Gasteiger charge is -2.30. The first-order chi connectivity index (χ1) is 8.79. The van der Waals surface area contributed by atoms with Crippen LogP contribution in [0.15, 0.2) is 18.3 Å². The summed E-state index contributed by atoms with van der Waals surface area (Å²) in [6.45, 7) is 9.89. The third-order valence-electron chi connectivity index (χ3n) is 3.80. The van der Waals surface area contributed by atoms with Gasteiger partial charge in [0.25, 0.3) is 0 Å². The first kappa shape index (κ1) is 13.5. The largest absolute Gasteiger partial charge is 0.313 e. The van der Waals surface area contributed by atoms with Crippen LogP contribution < -0.4 is 5.32 Å². The number of nitrogens with zero attached hydrogens (tertiary/aromatic N) is 2. The second kappa shape index (κ2) is 6.86. The van der Waals surface area contributed by atoms with E-state index in [1.165, 1.54) is 37.2 Å². The molecule has 2 rings (SSSR count). The molecule has 3 heteroatoms. The molecule has 3 nitrogen and oxygen atoms in total. The van der Waals surface area contributed by atoms with Crippen LogP contribution in [0.3, 0.4) is 0 Å². The van der Waals surface area contributed by atoms with Crippen LogP contribution in [-0.4, -0.2) is 29.5 Å². The summed E-state index contributed by atoms with van der Waals surface area (Å²) in [4.78, 5) is 7.10. The molecule has 1 aliphatic rings. The molecule has 0 atom stereocenters. The summed E-state index contributed by atoms with van der Waals surface area (Å²) in [7, 11) is 0. The Labute approximate surface area is 111 Å². The summed E-state index contributed by atoms with van der Waals surface area (Å²) >= 11 is 0. The van der Waals surface area contributed by atoms with Crippen LogP contribution >= 0.6 is 0 Å². The van der Waals surface area contributed by atoms with Gasteiger partial charge >= 0.3 is 0 Å². The topological polar surface area (TPSA) is 28.2 Å². The van der Waals surface area contributed by atoms with Gasteiger partial charge in [-0.1, -0.05) is 19.9 Å². The second-order valence-electron chi connectivity index (χ2n) is 5.35. The molecule has 1 N–H and O–H groups in total. The van der Waals surface area contributed by atoms with Gasteiger partial charge in [-0.15, -0.1) is 0 Å². The maximum Gasteiger partial charge on any atom is 0.0588 e. The van der Waals surface area contributed by atoms with Crippen molar-refractivity contribution in [2.75, 3.05) is 19.6 Å². The molecule has 0 radical (unpaired) electrons. The third-order valence-corrected chi connectivity index (χ3v) is 3.80. The zero-order chi connectivity index (χ0) is 12.8. The van der Waals surface area contributed by atoms with E-state index in [4.69, 9.17) is 0 Å². The van der Waals surface area contributed by atoms with Gasteiger partial charge in [0.1, 0.15) is 0 Å². The predicted molar refractivity (Wildman–Crippen MR) is 75.3 cm³/mol. The van der Waals surface area contributed by atoms with E-state index < -0.39 is 0 Å². The van der Waals surface area contributed by atoms with Gasteiger partial charge in [0.2, 0.25) is 0 Å². The van der Waals surface area contributed by atoms with Crippen molar-refractivity contribution in [3.05, 3.63) is 29.6 Å². The van der Waals surface area contributed by atoms with Crippen molar-refractivity contribution in [1.29, 1.82) is 0 Å². The zero-order valence-corrected chi connectivity index (χ0v) is 11.7. The van der Waals surface area contributed by atoms with Crippen LogP contribution in [0.5, 0.6) is 0 Å². The van der Waals surface area contributed by atoms with Gasteiger partial charge in [-0.25, -0.2) is 0 Å². The van der Waals surface area contributed by atoms with Gasteiger partial charge in [0.05, 0.1) is 5.69 Å². The van der Waals surface area contributed by atoms with Crippen molar-refractivity contribution < 1.29 is 0 Å². The summed E-state index contributed by atoms with van der Waals surface area (Å²) in [5.41, 5.74) is 2.59. The van der Waals surface area contributed by atoms with Crippen LogP contribution in [-0.2, 0) is 13.1 Å². The highest BCUT2D eigenvalue weighted by Crippen LogP contribution is 2.18. The average Bonchev–Trinajstić information content (AvgIpc) is 2.40. The Morgan fingerprint density at radius 1 is 1.39 bits per heavy atom. The van der Waals surface area contributed by atoms with Crippen molar-refractivity contribution in [2.24, 2.45) is 5.92 Å². The minimum atomic E-state index is 0.895. The number of piperidine rings is 1. The van der Waals surface area contributed by atoms with E-state index in [0.717, 1.165) is 25.6 Å². The Morgan fingerprint density at radius 2 is 2.17 bits per heavy atom. The summed E-state index contributed by atoms with van der Waals surface area (Å²) in [6, 6.07) is 4.23. The number of nitrogens with one attached hydrogen (secondary N) is 1. The first-order valence-corrected chi connectivity index (χ1v) is 7.15. The van der Waals surface area contributed by atoms with Crippen molar-refractivity contribution in [2.45, 2.75) is 39.8 Å². The molecule has 18 heavy (non-hydrogen) atoms. The van der Waals surface area contributed by atoms with Crippen molar-refractivity contribution in [1.82, 2.24) is 15.2 Å². The Bertz CT molecular complexity index is 357. The van der Waals surface area contributed by atoms with Gasteiger partial charge in [-0.05, 0) is 50.0 Å². The number of aromatic nitrogens is 1. The minimum absolute atomic E-state index is 0.895. The molecule has 0 unspecified atom stereocenters. The molecule has 1 aliphatic heterocycles. The summed E-state index contributed by atoms with van der Waals surface area (Å²) < 4.78 is 0. The normalized spacial score (nSPS) is 18.1. The number of pyridine rings is 1. The maximum atomic E-state index is 4.56. The fraction of sp³-hybridized carbons (Fsp3) is 0.667. The minimum Gasteiger partial charge on any atom is -0.313 e. The van der Waals surface area contributed by atoms with Crippen LogP contribution in [0.4, 0.5) is 0 Å². The Balaban J connectivity index is 1.95. The van der Waals surface area contributed by atoms with E-state index in [1.54, 1.807) is 0 Å². The summed E-state index contributed by atoms with van der Waals surface area (Å²) in [6.07, 6.45) is 4.57. The third kappa shape index (κ3) is 3.79. The van der Waals surface area contributed by atoms with Gasteiger partial charge in [0.15, 0.2) is 0 Å². The molecule has 1 aromatic heterocycles. The molecule has 0 aliphatic carbocycles. The van der Waals surface area contributed by atoms with Crippen molar-refractivity contribution in [3.63, 3.8) is 0 Å². The van der Waals surface area contributed by atoms with Crippen molar-refractivity contribution >= 4 is 0 Å². The Morgan fingerprint density at radius 3 is 2.89 bits per heavy atom. The lowest BCUT2D eigenvalue weighted by atomic mass is 9.99. The molecule has 0 amide bonds. The number of hydrogen-bond acceptors (Lipinski definition) is 3. The summed E-state index contributed by atoms with van der Waals surface area (Å²) in [5.74, 6) is 0.895. The van der Waals surface area contributed by atoms with E-state index in [1.807, 2.05) is 12.3 Å². The number of likely N-dealkylation sites (tertiary alicyclic amines) is 1. The Hall–Kier alpha value is -0.930. The fourth-order valence-corrected chi connectivity index (χ4v) is 2.47. The van der Waals surface area contributed by atoms with E-state index >= 15 is 0 Å². The second-order valence-corrected chi connectivity index (χ2v) is 5.35. The van der Waals surface area contributed by atoms with Crippen LogP contribution in [0.25, 0.3) is 0 Å². The lowest BCUT2D eigenvalue weighted by molar-refractivity contribution is 0.183. The van der Waals surface area contributed by atoms with Gasteiger partial charge in [0, 0.05) is 19.3 Å².